The Kier molecular flexibility index (Phi) is 6.88. The molecule has 0 unspecified atom stereocenters. The first-order chi connectivity index (χ1) is 15.3. The van der Waals surface area contributed by atoms with Gasteiger partial charge in [-0.2, -0.15) is 4.31 Å². The summed E-state index contributed by atoms with van der Waals surface area (Å²) >= 11 is 3.44. The van der Waals surface area contributed by atoms with Gasteiger partial charge in [-0.1, -0.05) is 52.3 Å². The number of benzene rings is 3. The quantitative estimate of drug-likeness (QED) is 0.410. The summed E-state index contributed by atoms with van der Waals surface area (Å²) in [7, 11) is -3.84. The molecule has 3 aromatic rings. The Morgan fingerprint density at radius 1 is 1.00 bits per heavy atom. The summed E-state index contributed by atoms with van der Waals surface area (Å²) < 4.78 is 41.5. The number of rotatable bonds is 7. The van der Waals surface area contributed by atoms with Crippen molar-refractivity contribution in [1.29, 1.82) is 0 Å². The minimum Gasteiger partial charge on any atom is -0.298 e. The van der Waals surface area contributed by atoms with Gasteiger partial charge in [0.25, 0.3) is 0 Å². The number of hydrogen-bond acceptors (Lipinski definition) is 3. The van der Waals surface area contributed by atoms with E-state index in [9.17, 15) is 17.6 Å². The summed E-state index contributed by atoms with van der Waals surface area (Å²) in [6, 6.07) is 20.2. The van der Waals surface area contributed by atoms with Gasteiger partial charge in [0, 0.05) is 17.4 Å². The number of hydrogen-bond donors (Lipinski definition) is 0. The predicted octanol–water partition coefficient (Wildman–Crippen LogP) is 5.61. The number of sulfonamides is 1. The second-order valence-corrected chi connectivity index (χ2v) is 10.7. The van der Waals surface area contributed by atoms with Gasteiger partial charge in [0.05, 0.1) is 10.9 Å². The van der Waals surface area contributed by atoms with Crippen LogP contribution in [0.4, 0.5) is 4.39 Å². The molecule has 7 heteroatoms. The van der Waals surface area contributed by atoms with Gasteiger partial charge in [0.1, 0.15) is 5.82 Å². The summed E-state index contributed by atoms with van der Waals surface area (Å²) in [5, 5.41) is 0. The molecule has 3 aromatic carbocycles. The third kappa shape index (κ3) is 5.00. The normalized spacial score (nSPS) is 16.9. The monoisotopic (exact) mass is 515 g/mol. The van der Waals surface area contributed by atoms with Crippen molar-refractivity contribution in [2.24, 2.45) is 0 Å². The minimum atomic E-state index is -3.84. The molecule has 0 N–H and O–H groups in total. The second kappa shape index (κ2) is 9.65. The highest BCUT2D eigenvalue weighted by molar-refractivity contribution is 9.10. The summed E-state index contributed by atoms with van der Waals surface area (Å²) in [5.41, 5.74) is 3.20. The molecule has 1 saturated heterocycles. The zero-order chi connectivity index (χ0) is 22.7. The Bertz CT molecular complexity index is 1210. The van der Waals surface area contributed by atoms with E-state index < -0.39 is 21.9 Å². The van der Waals surface area contributed by atoms with Crippen LogP contribution in [0.2, 0.25) is 0 Å². The maximum absolute atomic E-state index is 13.2. The highest BCUT2D eigenvalue weighted by atomic mass is 79.9. The van der Waals surface area contributed by atoms with Crippen molar-refractivity contribution in [2.45, 2.75) is 36.6 Å². The van der Waals surface area contributed by atoms with Gasteiger partial charge in [-0.05, 0) is 72.4 Å². The third-order valence-electron chi connectivity index (χ3n) is 5.76. The third-order valence-corrected chi connectivity index (χ3v) is 8.21. The molecule has 0 aliphatic carbocycles. The first-order valence-corrected chi connectivity index (χ1v) is 12.7. The first kappa shape index (κ1) is 22.8. The minimum absolute atomic E-state index is 0.0146. The van der Waals surface area contributed by atoms with Crippen LogP contribution in [-0.4, -0.2) is 31.1 Å². The zero-order valence-corrected chi connectivity index (χ0v) is 19.8. The van der Waals surface area contributed by atoms with E-state index in [2.05, 4.69) is 22.0 Å². The van der Waals surface area contributed by atoms with Crippen LogP contribution in [-0.2, 0) is 21.2 Å². The molecule has 0 aromatic heterocycles. The Morgan fingerprint density at radius 2 is 1.72 bits per heavy atom. The van der Waals surface area contributed by atoms with Crippen molar-refractivity contribution in [3.05, 3.63) is 88.6 Å². The Morgan fingerprint density at radius 3 is 2.44 bits per heavy atom. The van der Waals surface area contributed by atoms with Crippen LogP contribution in [0.3, 0.4) is 0 Å². The van der Waals surface area contributed by atoms with Gasteiger partial charge in [-0.25, -0.2) is 12.8 Å². The molecule has 4 rings (SSSR count). The molecule has 1 heterocycles. The molecule has 0 saturated carbocycles. The van der Waals surface area contributed by atoms with E-state index in [0.717, 1.165) is 33.3 Å². The Balaban J connectivity index is 1.45. The molecular weight excluding hydrogens is 493 g/mol. The van der Waals surface area contributed by atoms with Crippen LogP contribution in [0, 0.1) is 5.82 Å². The van der Waals surface area contributed by atoms with Gasteiger partial charge in [0.2, 0.25) is 10.0 Å². The molecule has 1 aliphatic heterocycles. The molecule has 166 valence electrons. The highest BCUT2D eigenvalue weighted by Gasteiger charge is 2.38. The number of Topliss-reactive ketones (excluding diaryl/α,β-unsaturated/α-hetero) is 1. The van der Waals surface area contributed by atoms with Crippen molar-refractivity contribution in [3.63, 3.8) is 0 Å². The summed E-state index contributed by atoms with van der Waals surface area (Å²) in [5.74, 6) is -0.578. The number of aryl methyl sites for hydroxylation is 1. The van der Waals surface area contributed by atoms with E-state index in [0.29, 0.717) is 25.8 Å². The highest BCUT2D eigenvalue weighted by Crippen LogP contribution is 2.28. The largest absolute Gasteiger partial charge is 0.298 e. The molecule has 0 bridgehead atoms. The van der Waals surface area contributed by atoms with Gasteiger partial charge < -0.3 is 0 Å². The standard InChI is InChI=1S/C25H23BrFNO3S/c26-21-9-7-19(8-10-21)20-4-1-3-18(17-20)6-15-25(29)24-5-2-16-28(24)32(30,31)23-13-11-22(27)12-14-23/h1,3-4,7-14,17,24H,2,5-6,15-16H2/t24-/m0/s1. The lowest BCUT2D eigenvalue weighted by atomic mass is 9.98. The molecule has 0 amide bonds. The fourth-order valence-electron chi connectivity index (χ4n) is 4.07. The van der Waals surface area contributed by atoms with E-state index in [1.807, 2.05) is 42.5 Å². The number of carbonyl (C=O) groups excluding carboxylic acids is 1. The van der Waals surface area contributed by atoms with Gasteiger partial charge >= 0.3 is 0 Å². The van der Waals surface area contributed by atoms with Crippen molar-refractivity contribution >= 4 is 31.7 Å². The van der Waals surface area contributed by atoms with Crippen LogP contribution in [0.1, 0.15) is 24.8 Å². The number of carbonyl (C=O) groups is 1. The summed E-state index contributed by atoms with van der Waals surface area (Å²) in [6.45, 7) is 0.301. The SMILES string of the molecule is O=C(CCc1cccc(-c2ccc(Br)cc2)c1)[C@@H]1CCCN1S(=O)(=O)c1ccc(F)cc1. The van der Waals surface area contributed by atoms with Crippen molar-refractivity contribution in [2.75, 3.05) is 6.54 Å². The number of nitrogens with zero attached hydrogens (tertiary/aromatic N) is 1. The summed E-state index contributed by atoms with van der Waals surface area (Å²) in [6.07, 6.45) is 1.96. The fraction of sp³-hybridized carbons (Fsp3) is 0.240. The average Bonchev–Trinajstić information content (AvgIpc) is 3.30. The predicted molar refractivity (Wildman–Crippen MR) is 126 cm³/mol. The molecule has 0 spiro atoms. The molecular formula is C25H23BrFNO3S. The van der Waals surface area contributed by atoms with Crippen LogP contribution in [0.5, 0.6) is 0 Å². The maximum Gasteiger partial charge on any atom is 0.243 e. The van der Waals surface area contributed by atoms with E-state index in [1.165, 1.54) is 16.4 Å². The van der Waals surface area contributed by atoms with E-state index in [4.69, 9.17) is 0 Å². The van der Waals surface area contributed by atoms with Gasteiger partial charge in [-0.15, -0.1) is 0 Å². The van der Waals surface area contributed by atoms with E-state index >= 15 is 0 Å². The van der Waals surface area contributed by atoms with Crippen LogP contribution in [0.25, 0.3) is 11.1 Å². The molecule has 0 radical (unpaired) electrons. The molecule has 4 nitrogen and oxygen atoms in total. The lowest BCUT2D eigenvalue weighted by Crippen LogP contribution is -2.40. The lowest BCUT2D eigenvalue weighted by molar-refractivity contribution is -0.122. The Hall–Kier alpha value is -2.35. The van der Waals surface area contributed by atoms with E-state index in [1.54, 1.807) is 0 Å². The zero-order valence-electron chi connectivity index (χ0n) is 17.4. The van der Waals surface area contributed by atoms with Gasteiger partial charge in [-0.3, -0.25) is 4.79 Å². The van der Waals surface area contributed by atoms with E-state index in [-0.39, 0.29) is 17.1 Å². The fourth-order valence-corrected chi connectivity index (χ4v) is 6.02. The molecule has 32 heavy (non-hydrogen) atoms. The van der Waals surface area contributed by atoms with Crippen molar-refractivity contribution in [3.8, 4) is 11.1 Å². The van der Waals surface area contributed by atoms with Crippen LogP contribution < -0.4 is 0 Å². The molecule has 1 aliphatic rings. The second-order valence-electron chi connectivity index (χ2n) is 7.90. The topological polar surface area (TPSA) is 54.5 Å². The average molecular weight is 516 g/mol. The van der Waals surface area contributed by atoms with Gasteiger partial charge in [0.15, 0.2) is 5.78 Å². The first-order valence-electron chi connectivity index (χ1n) is 10.5. The van der Waals surface area contributed by atoms with Crippen LogP contribution >= 0.6 is 15.9 Å². The summed E-state index contributed by atoms with van der Waals surface area (Å²) in [4.78, 5) is 13.0. The number of ketones is 1. The van der Waals surface area contributed by atoms with Crippen molar-refractivity contribution < 1.29 is 17.6 Å². The molecule has 1 fully saturated rings. The lowest BCUT2D eigenvalue weighted by Gasteiger charge is -2.23. The molecule has 1 atom stereocenters. The van der Waals surface area contributed by atoms with Crippen LogP contribution in [0.15, 0.2) is 82.2 Å². The van der Waals surface area contributed by atoms with Crippen molar-refractivity contribution in [1.82, 2.24) is 4.31 Å². The maximum atomic E-state index is 13.2. The Labute approximate surface area is 196 Å². The number of halogens is 2. The smallest absolute Gasteiger partial charge is 0.243 e.